The number of halogens is 21. The fourth-order valence-electron chi connectivity index (χ4n) is 11.4. The molecule has 656 valence electrons. The summed E-state index contributed by atoms with van der Waals surface area (Å²) in [6.45, 7) is 17.1. The third-order valence-corrected chi connectivity index (χ3v) is 17.2. The number of rotatable bonds is 19. The SMILES string of the molecule is CC(C)(C)OC(=O)N[C@@H](CC(=O)N1CC(n2ccc(C(F)(F)F)n2)C1)Cc1cc(F)c(F)cc1F.CC(C)(C)OC(=O)N[C@@H](CC(=O)N1CC(n2nccc2C(F)(F)F)C1)Cc1cc(F)c(F)cc1F.CC(C)(C)OC(=O)N[C@@H](CC(=O)O)Cc1cc(F)c(F)cc1F.FC(F)(F)c1ccn(C2CNC2)n1.FC(F)(F)c1ccnn1C1CNC1. The van der Waals surface area contributed by atoms with E-state index in [-0.39, 0.29) is 87.1 Å². The van der Waals surface area contributed by atoms with E-state index >= 15 is 0 Å². The molecule has 25 nitrogen and oxygen atoms in total. The second kappa shape index (κ2) is 38.9. The molecule has 46 heteroatoms. The first-order valence-corrected chi connectivity index (χ1v) is 35.9. The molecular formula is C73H82F21N15O10. The van der Waals surface area contributed by atoms with Crippen molar-refractivity contribution in [2.45, 2.75) is 185 Å². The number of ether oxygens (including phenoxy) is 3. The molecule has 3 aromatic carbocycles. The quantitative estimate of drug-likeness (QED) is 0.0249. The number of carbonyl (C=O) groups excluding carboxylic acids is 5. The number of nitrogens with one attached hydrogen (secondary N) is 5. The van der Waals surface area contributed by atoms with E-state index in [1.807, 2.05) is 0 Å². The number of carboxylic acids is 1. The van der Waals surface area contributed by atoms with E-state index in [9.17, 15) is 121 Å². The highest BCUT2D eigenvalue weighted by Gasteiger charge is 2.44. The van der Waals surface area contributed by atoms with Crippen LogP contribution in [-0.4, -0.2) is 177 Å². The molecule has 3 atom stereocenters. The van der Waals surface area contributed by atoms with Gasteiger partial charge in [-0.3, -0.25) is 33.1 Å². The zero-order chi connectivity index (χ0) is 89.0. The maximum Gasteiger partial charge on any atom is 0.435 e. The Morgan fingerprint density at radius 3 is 0.983 bits per heavy atom. The van der Waals surface area contributed by atoms with Gasteiger partial charge in [0.25, 0.3) is 0 Å². The van der Waals surface area contributed by atoms with Crippen LogP contribution in [0.15, 0.2) is 85.5 Å². The zero-order valence-electron chi connectivity index (χ0n) is 64.6. The Labute approximate surface area is 664 Å². The summed E-state index contributed by atoms with van der Waals surface area (Å²) in [5.74, 6) is -13.3. The van der Waals surface area contributed by atoms with Gasteiger partial charge in [0.1, 0.15) is 45.6 Å². The highest BCUT2D eigenvalue weighted by molar-refractivity contribution is 5.80. The van der Waals surface area contributed by atoms with Gasteiger partial charge in [0.05, 0.1) is 30.6 Å². The van der Waals surface area contributed by atoms with E-state index < -0.39 is 189 Å². The molecule has 5 amide bonds. The first-order chi connectivity index (χ1) is 54.9. The Hall–Kier alpha value is -10.8. The summed E-state index contributed by atoms with van der Waals surface area (Å²) < 4.78 is 292. The van der Waals surface area contributed by atoms with Crippen molar-refractivity contribution in [1.29, 1.82) is 0 Å². The van der Waals surface area contributed by atoms with E-state index in [0.717, 1.165) is 44.5 Å². The van der Waals surface area contributed by atoms with Crippen molar-refractivity contribution in [1.82, 2.24) is 75.5 Å². The Morgan fingerprint density at radius 1 is 0.412 bits per heavy atom. The number of carbonyl (C=O) groups is 6. The third kappa shape index (κ3) is 29.0. The number of amides is 5. The molecule has 8 heterocycles. The number of likely N-dealkylation sites (tertiary alicyclic amines) is 2. The minimum atomic E-state index is -4.60. The average Bonchev–Trinajstić information content (AvgIpc) is 1.78. The van der Waals surface area contributed by atoms with Crippen LogP contribution in [0.1, 0.15) is 145 Å². The summed E-state index contributed by atoms with van der Waals surface area (Å²) in [5, 5.41) is 36.2. The third-order valence-electron chi connectivity index (χ3n) is 17.2. The van der Waals surface area contributed by atoms with Crippen molar-refractivity contribution in [3.63, 3.8) is 0 Å². The van der Waals surface area contributed by atoms with E-state index in [4.69, 9.17) is 19.3 Å². The number of aliphatic carboxylic acids is 1. The second-order valence-electron chi connectivity index (χ2n) is 30.4. The minimum absolute atomic E-state index is 0.0533. The van der Waals surface area contributed by atoms with Crippen molar-refractivity contribution in [3.8, 4) is 0 Å². The fraction of sp³-hybridized carbons (Fsp3) is 0.507. The molecule has 0 radical (unpaired) electrons. The van der Waals surface area contributed by atoms with E-state index in [1.165, 1.54) is 33.1 Å². The number of aromatic nitrogens is 8. The van der Waals surface area contributed by atoms with Gasteiger partial charge in [-0.2, -0.15) is 73.1 Å². The molecule has 4 aliphatic rings. The van der Waals surface area contributed by atoms with Gasteiger partial charge >= 0.3 is 49.0 Å². The van der Waals surface area contributed by atoms with Crippen LogP contribution in [0.5, 0.6) is 0 Å². The van der Waals surface area contributed by atoms with Crippen LogP contribution in [0.2, 0.25) is 0 Å². The van der Waals surface area contributed by atoms with Crippen molar-refractivity contribution >= 4 is 36.1 Å². The Bertz CT molecular complexity index is 4640. The van der Waals surface area contributed by atoms with Gasteiger partial charge in [0.2, 0.25) is 11.8 Å². The molecular weight excluding hydrogens is 1650 g/mol. The first kappa shape index (κ1) is 95.3. The number of benzene rings is 3. The highest BCUT2D eigenvalue weighted by Crippen LogP contribution is 2.36. The molecule has 0 unspecified atom stereocenters. The van der Waals surface area contributed by atoms with Gasteiger partial charge < -0.3 is 55.7 Å². The van der Waals surface area contributed by atoms with Gasteiger partial charge in [-0.25, -0.2) is 53.9 Å². The largest absolute Gasteiger partial charge is 0.481 e. The normalized spacial score (nSPS) is 15.6. The molecule has 4 saturated heterocycles. The molecule has 6 N–H and O–H groups in total. The number of hydrogen-bond acceptors (Lipinski definition) is 15. The summed E-state index contributed by atoms with van der Waals surface area (Å²) in [6, 6.07) is 2.33. The van der Waals surface area contributed by atoms with Crippen LogP contribution in [0.3, 0.4) is 0 Å². The summed E-state index contributed by atoms with van der Waals surface area (Å²) in [7, 11) is 0. The molecule has 0 spiro atoms. The lowest BCUT2D eigenvalue weighted by atomic mass is 10.00. The number of carboxylic acid groups (broad SMARTS) is 1. The predicted molar refractivity (Wildman–Crippen MR) is 375 cm³/mol. The molecule has 0 aliphatic carbocycles. The molecule has 0 saturated carbocycles. The first-order valence-electron chi connectivity index (χ1n) is 35.9. The van der Waals surface area contributed by atoms with Crippen LogP contribution >= 0.6 is 0 Å². The van der Waals surface area contributed by atoms with Gasteiger partial charge in [-0.15, -0.1) is 0 Å². The molecule has 11 rings (SSSR count). The molecule has 0 bridgehead atoms. The van der Waals surface area contributed by atoms with Crippen molar-refractivity contribution in [3.05, 3.63) is 177 Å². The Morgan fingerprint density at radius 2 is 0.706 bits per heavy atom. The lowest BCUT2D eigenvalue weighted by Crippen LogP contribution is -2.53. The molecule has 7 aromatic rings. The van der Waals surface area contributed by atoms with Crippen molar-refractivity contribution in [2.24, 2.45) is 0 Å². The Balaban J connectivity index is 0.000000216. The maximum atomic E-state index is 14.2. The van der Waals surface area contributed by atoms with E-state index in [0.29, 0.717) is 62.6 Å². The number of hydrogen-bond donors (Lipinski definition) is 6. The van der Waals surface area contributed by atoms with Crippen LogP contribution in [0.4, 0.5) is 107 Å². The zero-order valence-corrected chi connectivity index (χ0v) is 64.6. The van der Waals surface area contributed by atoms with Crippen molar-refractivity contribution in [2.75, 3.05) is 52.4 Å². The topological polar surface area (TPSA) is 288 Å². The van der Waals surface area contributed by atoms with E-state index in [1.54, 1.807) is 62.3 Å². The summed E-state index contributed by atoms with van der Waals surface area (Å²) in [4.78, 5) is 75.1. The van der Waals surface area contributed by atoms with Crippen LogP contribution in [0, 0.1) is 52.4 Å². The monoisotopic (exact) mass is 1730 g/mol. The molecule has 4 aliphatic heterocycles. The fourth-order valence-corrected chi connectivity index (χ4v) is 11.4. The van der Waals surface area contributed by atoms with Crippen LogP contribution in [-0.2, 0) is 72.6 Å². The lowest BCUT2D eigenvalue weighted by Gasteiger charge is -2.40. The van der Waals surface area contributed by atoms with Crippen molar-refractivity contribution < 1.29 is 140 Å². The molecule has 119 heavy (non-hydrogen) atoms. The second-order valence-corrected chi connectivity index (χ2v) is 30.4. The van der Waals surface area contributed by atoms with Gasteiger partial charge in [-0.1, -0.05) is 0 Å². The predicted octanol–water partition coefficient (Wildman–Crippen LogP) is 13.6. The van der Waals surface area contributed by atoms with E-state index in [2.05, 4.69) is 47.0 Å². The van der Waals surface area contributed by atoms with Gasteiger partial charge in [0, 0.05) is 126 Å². The smallest absolute Gasteiger partial charge is 0.435 e. The molecule has 4 aromatic heterocycles. The maximum absolute atomic E-state index is 14.2. The number of nitrogens with zero attached hydrogens (tertiary/aromatic N) is 10. The summed E-state index contributed by atoms with van der Waals surface area (Å²) in [6.07, 6.45) is -18.0. The number of alkyl halides is 12. The lowest BCUT2D eigenvalue weighted by molar-refractivity contribution is -0.149. The summed E-state index contributed by atoms with van der Waals surface area (Å²) in [5.41, 5.74) is -6.78. The minimum Gasteiger partial charge on any atom is -0.481 e. The van der Waals surface area contributed by atoms with Crippen LogP contribution < -0.4 is 26.6 Å². The molecule has 4 fully saturated rings. The highest BCUT2D eigenvalue weighted by atomic mass is 19.4. The van der Waals surface area contributed by atoms with Crippen LogP contribution in [0.25, 0.3) is 0 Å². The average molecular weight is 1730 g/mol. The van der Waals surface area contributed by atoms with Gasteiger partial charge in [0.15, 0.2) is 46.3 Å². The van der Waals surface area contributed by atoms with Gasteiger partial charge in [-0.05, 0) is 141 Å². The standard InChI is InChI=1S/2C22H24F6N4O3.C15H18F3NO4.2C7H8F3N3/c1-21(2,3)35-20(34)29-13(6-12-7-16(24)17(25)9-15(12)23)8-19(33)31-10-14(11-31)32-5-4-18(30-32)22(26,27)28;1-21(2,3)35-20(34)30-13(6-12-7-16(24)17(25)9-15(12)23)8-19(33)31-10-14(11-31)32-18(4-5-29-32)22(26,27)28;1-15(2,3)23-14(22)19-9(6-13(20)21)4-8-5-11(17)12(18)7-10(8)16;8-7(9,10)6-1-2-13(12-6)5-3-11-4-5;8-7(9,10)6-1-2-12-13(6)5-3-11-4-5/h4-5,7,9,13-14H,6,8,10-11H2,1-3H3,(H,29,34);4-5,7,9,13-14H,6,8,10-11H2,1-3H3,(H,30,34);5,7,9H,4,6H2,1-3H3,(H,19,22)(H,20,21);2*1-2,5,11H,3-4H2/t2*13-;9-;;/m111../s1. The number of alkyl carbamates (subject to hydrolysis) is 3. The Kier molecular flexibility index (Phi) is 31.2. The summed E-state index contributed by atoms with van der Waals surface area (Å²) >= 11 is 0.